The van der Waals surface area contributed by atoms with Crippen molar-refractivity contribution in [2.45, 2.75) is 0 Å². The lowest BCUT2D eigenvalue weighted by Crippen LogP contribution is -2.22. The molecule has 4 aromatic rings. The van der Waals surface area contributed by atoms with E-state index in [1.54, 1.807) is 14.2 Å². The van der Waals surface area contributed by atoms with Crippen molar-refractivity contribution >= 4 is 55.9 Å². The number of hydrogen-bond acceptors (Lipinski definition) is 3. The fraction of sp³-hybridized carbons (Fsp3) is 0.0870. The molecular weight excluding hydrogens is 430 g/mol. The van der Waals surface area contributed by atoms with Crippen LogP contribution in [0.3, 0.4) is 0 Å². The zero-order valence-corrected chi connectivity index (χ0v) is 17.9. The van der Waals surface area contributed by atoms with Gasteiger partial charge < -0.3 is 20.5 Å². The van der Waals surface area contributed by atoms with Gasteiger partial charge in [-0.3, -0.25) is 0 Å². The second-order valence-electron chi connectivity index (χ2n) is 6.32. The van der Waals surface area contributed by atoms with E-state index in [-0.39, 0.29) is 17.0 Å². The Bertz CT molecular complexity index is 1190. The monoisotopic (exact) mass is 451 g/mol. The van der Waals surface area contributed by atoms with E-state index >= 15 is 0 Å². The van der Waals surface area contributed by atoms with Crippen LogP contribution in [0.15, 0.2) is 77.8 Å². The van der Waals surface area contributed by atoms with Crippen LogP contribution in [0.25, 0.3) is 21.5 Å². The maximum Gasteiger partial charge on any atom is 0.198 e. The topological polar surface area (TPSA) is 68.9 Å². The molecule has 0 atom stereocenters. The Morgan fingerprint density at radius 1 is 0.724 bits per heavy atom. The van der Waals surface area contributed by atoms with Gasteiger partial charge in [0.1, 0.15) is 11.5 Å². The maximum atomic E-state index is 6.24. The number of benzene rings is 4. The van der Waals surface area contributed by atoms with Gasteiger partial charge in [-0.2, -0.15) is 0 Å². The molecule has 29 heavy (non-hydrogen) atoms. The normalized spacial score (nSPS) is 11.2. The highest BCUT2D eigenvalue weighted by molar-refractivity contribution is 8.93. The summed E-state index contributed by atoms with van der Waals surface area (Å²) in [5, 5.41) is 7.22. The summed E-state index contributed by atoms with van der Waals surface area (Å²) in [6.07, 6.45) is 0. The van der Waals surface area contributed by atoms with Crippen molar-refractivity contribution in [1.82, 2.24) is 0 Å². The molecule has 0 aromatic heterocycles. The first-order chi connectivity index (χ1) is 13.7. The standard InChI is InChI=1S/C23H21N3O2.BrH/c1-27-21-13-11-19(15-7-3-5-9-17(15)21)25-23(24)26-20-12-14-22(28-2)18-10-6-4-8-16(18)20;/h3-14H,1-2H3,(H3,24,25,26);1H. The Hall–Kier alpha value is -3.25. The van der Waals surface area contributed by atoms with E-state index in [4.69, 9.17) is 15.2 Å². The summed E-state index contributed by atoms with van der Waals surface area (Å²) in [6.45, 7) is 0. The van der Waals surface area contributed by atoms with Gasteiger partial charge in [0.2, 0.25) is 0 Å². The van der Waals surface area contributed by atoms with Gasteiger partial charge in [0.15, 0.2) is 5.96 Å². The quantitative estimate of drug-likeness (QED) is 0.310. The smallest absolute Gasteiger partial charge is 0.198 e. The van der Waals surface area contributed by atoms with Crippen LogP contribution in [0.2, 0.25) is 0 Å². The number of guanidine groups is 1. The van der Waals surface area contributed by atoms with Crippen molar-refractivity contribution < 1.29 is 9.47 Å². The number of fused-ring (bicyclic) bond motifs is 2. The minimum atomic E-state index is 0. The van der Waals surface area contributed by atoms with Crippen molar-refractivity contribution in [3.8, 4) is 11.5 Å². The lowest BCUT2D eigenvalue weighted by molar-refractivity contribution is 0.420. The van der Waals surface area contributed by atoms with Crippen LogP contribution in [0.1, 0.15) is 0 Å². The predicted molar refractivity (Wildman–Crippen MR) is 126 cm³/mol. The van der Waals surface area contributed by atoms with Gasteiger partial charge in [-0.25, -0.2) is 4.99 Å². The van der Waals surface area contributed by atoms with Crippen molar-refractivity contribution in [3.05, 3.63) is 72.8 Å². The third-order valence-electron chi connectivity index (χ3n) is 4.69. The number of aliphatic imine (C=N–C) groups is 1. The second kappa shape index (κ2) is 8.84. The van der Waals surface area contributed by atoms with Gasteiger partial charge in [-0.1, -0.05) is 48.5 Å². The summed E-state index contributed by atoms with van der Waals surface area (Å²) >= 11 is 0. The summed E-state index contributed by atoms with van der Waals surface area (Å²) < 4.78 is 10.9. The summed E-state index contributed by atoms with van der Waals surface area (Å²) in [7, 11) is 3.33. The highest BCUT2D eigenvalue weighted by Crippen LogP contribution is 2.34. The highest BCUT2D eigenvalue weighted by atomic mass is 79.9. The lowest BCUT2D eigenvalue weighted by atomic mass is 10.1. The van der Waals surface area contributed by atoms with Crippen LogP contribution in [-0.2, 0) is 0 Å². The minimum absolute atomic E-state index is 0. The SMILES string of the molecule is Br.COc1ccc(N=C(N)Nc2ccc(OC)c3ccccc23)c2ccccc12. The number of halogens is 1. The lowest BCUT2D eigenvalue weighted by Gasteiger charge is -2.13. The molecule has 0 bridgehead atoms. The van der Waals surface area contributed by atoms with Crippen molar-refractivity contribution in [2.75, 3.05) is 19.5 Å². The Morgan fingerprint density at radius 3 is 1.86 bits per heavy atom. The Kier molecular flexibility index (Phi) is 6.24. The average molecular weight is 452 g/mol. The third kappa shape index (κ3) is 3.98. The van der Waals surface area contributed by atoms with Gasteiger partial charge >= 0.3 is 0 Å². The number of nitrogens with one attached hydrogen (secondary N) is 1. The molecule has 5 nitrogen and oxygen atoms in total. The van der Waals surface area contributed by atoms with Gasteiger partial charge in [0, 0.05) is 27.2 Å². The number of nitrogens with zero attached hydrogens (tertiary/aromatic N) is 1. The summed E-state index contributed by atoms with van der Waals surface area (Å²) in [6, 6.07) is 23.6. The molecule has 0 unspecified atom stereocenters. The molecule has 0 fully saturated rings. The Morgan fingerprint density at radius 2 is 1.24 bits per heavy atom. The van der Waals surface area contributed by atoms with Gasteiger partial charge in [-0.15, -0.1) is 17.0 Å². The van der Waals surface area contributed by atoms with Crippen molar-refractivity contribution in [1.29, 1.82) is 0 Å². The number of nitrogens with two attached hydrogens (primary N) is 1. The van der Waals surface area contributed by atoms with Crippen molar-refractivity contribution in [3.63, 3.8) is 0 Å². The van der Waals surface area contributed by atoms with E-state index in [0.29, 0.717) is 5.96 Å². The molecule has 0 aliphatic carbocycles. The van der Waals surface area contributed by atoms with Crippen LogP contribution in [-0.4, -0.2) is 20.2 Å². The Balaban J connectivity index is 0.00000240. The number of rotatable bonds is 4. The zero-order valence-electron chi connectivity index (χ0n) is 16.2. The van der Waals surface area contributed by atoms with Crippen LogP contribution in [0.4, 0.5) is 11.4 Å². The second-order valence-corrected chi connectivity index (χ2v) is 6.32. The number of methoxy groups -OCH3 is 2. The molecule has 0 radical (unpaired) electrons. The van der Waals surface area contributed by atoms with Crippen LogP contribution < -0.4 is 20.5 Å². The van der Waals surface area contributed by atoms with Gasteiger partial charge in [0.25, 0.3) is 0 Å². The van der Waals surface area contributed by atoms with E-state index < -0.39 is 0 Å². The van der Waals surface area contributed by atoms with Crippen LogP contribution in [0, 0.1) is 0 Å². The number of ether oxygens (including phenoxy) is 2. The van der Waals surface area contributed by atoms with Crippen LogP contribution in [0.5, 0.6) is 11.5 Å². The molecule has 4 aromatic carbocycles. The highest BCUT2D eigenvalue weighted by Gasteiger charge is 2.09. The fourth-order valence-corrected chi connectivity index (χ4v) is 3.39. The molecule has 0 saturated heterocycles. The van der Waals surface area contributed by atoms with E-state index in [0.717, 1.165) is 44.4 Å². The van der Waals surface area contributed by atoms with Gasteiger partial charge in [0.05, 0.1) is 19.9 Å². The first kappa shape index (κ1) is 20.5. The fourth-order valence-electron chi connectivity index (χ4n) is 3.39. The summed E-state index contributed by atoms with van der Waals surface area (Å²) in [5.41, 5.74) is 7.89. The molecule has 0 spiro atoms. The Labute approximate surface area is 179 Å². The van der Waals surface area contributed by atoms with E-state index in [1.165, 1.54) is 0 Å². The average Bonchev–Trinajstić information content (AvgIpc) is 2.74. The molecule has 0 aliphatic rings. The molecule has 4 rings (SSSR count). The van der Waals surface area contributed by atoms with E-state index in [9.17, 15) is 0 Å². The van der Waals surface area contributed by atoms with Crippen LogP contribution >= 0.6 is 17.0 Å². The summed E-state index contributed by atoms with van der Waals surface area (Å²) in [5.74, 6) is 1.94. The minimum Gasteiger partial charge on any atom is -0.496 e. The van der Waals surface area contributed by atoms with Crippen molar-refractivity contribution in [2.24, 2.45) is 10.7 Å². The first-order valence-electron chi connectivity index (χ1n) is 8.94. The van der Waals surface area contributed by atoms with Gasteiger partial charge in [-0.05, 0) is 24.3 Å². The predicted octanol–water partition coefficient (Wildman–Crippen LogP) is 5.65. The zero-order chi connectivity index (χ0) is 19.5. The molecule has 148 valence electrons. The molecule has 6 heteroatoms. The molecule has 0 saturated carbocycles. The molecule has 0 heterocycles. The summed E-state index contributed by atoms with van der Waals surface area (Å²) in [4.78, 5) is 4.60. The molecular formula is C23H22BrN3O2. The molecule has 0 aliphatic heterocycles. The maximum absolute atomic E-state index is 6.24. The first-order valence-corrected chi connectivity index (χ1v) is 8.94. The van der Waals surface area contributed by atoms with E-state index in [1.807, 2.05) is 72.8 Å². The molecule has 3 N–H and O–H groups in total. The third-order valence-corrected chi connectivity index (χ3v) is 4.69. The number of hydrogen-bond donors (Lipinski definition) is 2. The molecule has 0 amide bonds. The van der Waals surface area contributed by atoms with E-state index in [2.05, 4.69) is 10.3 Å². The largest absolute Gasteiger partial charge is 0.496 e. The number of anilines is 1.